The van der Waals surface area contributed by atoms with E-state index in [4.69, 9.17) is 5.26 Å². The van der Waals surface area contributed by atoms with Crippen LogP contribution >= 0.6 is 0 Å². The topological polar surface area (TPSA) is 91.0 Å². The highest BCUT2D eigenvalue weighted by atomic mass is 19.4. The van der Waals surface area contributed by atoms with Gasteiger partial charge >= 0.3 is 6.18 Å². The molecule has 1 aliphatic rings. The zero-order valence-electron chi connectivity index (χ0n) is 18.7. The lowest BCUT2D eigenvalue weighted by atomic mass is 10.0. The largest absolute Gasteiger partial charge is 0.395 e. The number of hydrogen-bond acceptors (Lipinski definition) is 4. The zero-order valence-corrected chi connectivity index (χ0v) is 18.7. The van der Waals surface area contributed by atoms with Gasteiger partial charge in [-0.3, -0.25) is 14.3 Å². The molecule has 7 nitrogen and oxygen atoms in total. The van der Waals surface area contributed by atoms with E-state index in [1.165, 1.54) is 21.8 Å². The van der Waals surface area contributed by atoms with Crippen molar-refractivity contribution in [2.24, 2.45) is 0 Å². The second-order valence-electron chi connectivity index (χ2n) is 8.30. The predicted octanol–water partition coefficient (Wildman–Crippen LogP) is 5.10. The lowest BCUT2D eigenvalue weighted by Crippen LogP contribution is -2.47. The van der Waals surface area contributed by atoms with Crippen molar-refractivity contribution < 1.29 is 31.5 Å². The molecule has 12 heteroatoms. The van der Waals surface area contributed by atoms with Gasteiger partial charge in [-0.2, -0.15) is 23.5 Å². The third-order valence-corrected chi connectivity index (χ3v) is 5.62. The van der Waals surface area contributed by atoms with Crippen LogP contribution in [0.25, 0.3) is 0 Å². The lowest BCUT2D eigenvalue weighted by Gasteiger charge is -2.34. The summed E-state index contributed by atoms with van der Waals surface area (Å²) in [6.45, 7) is 1.87. The number of alkyl halides is 5. The van der Waals surface area contributed by atoms with Crippen LogP contribution in [0.1, 0.15) is 45.3 Å². The van der Waals surface area contributed by atoms with Crippen LogP contribution in [-0.2, 0) is 12.5 Å². The zero-order chi connectivity index (χ0) is 26.3. The molecule has 0 saturated heterocycles. The molecule has 0 unspecified atom stereocenters. The summed E-state index contributed by atoms with van der Waals surface area (Å²) in [7, 11) is 0. The summed E-state index contributed by atoms with van der Waals surface area (Å²) in [6, 6.07) is 11.6. The summed E-state index contributed by atoms with van der Waals surface area (Å²) in [5.41, 5.74) is -0.0564. The van der Waals surface area contributed by atoms with E-state index in [-0.39, 0.29) is 23.5 Å². The number of aromatic nitrogens is 2. The summed E-state index contributed by atoms with van der Waals surface area (Å²) in [4.78, 5) is 27.5. The quantitative estimate of drug-likeness (QED) is 0.491. The molecule has 2 aromatic carbocycles. The average Bonchev–Trinajstić information content (AvgIpc) is 3.22. The van der Waals surface area contributed by atoms with Crippen molar-refractivity contribution in [2.75, 3.05) is 10.2 Å². The number of rotatable bonds is 5. The summed E-state index contributed by atoms with van der Waals surface area (Å²) in [6.07, 6.45) is -6.12. The predicted molar refractivity (Wildman–Crippen MR) is 119 cm³/mol. The maximum Gasteiger partial charge on any atom is 0.395 e. The first-order chi connectivity index (χ1) is 16.9. The number of fused-ring (bicyclic) bond motifs is 1. The number of halogens is 5. The normalized spacial score (nSPS) is 15.9. The molecule has 0 spiro atoms. The highest BCUT2D eigenvalue weighted by Gasteiger charge is 2.45. The van der Waals surface area contributed by atoms with Gasteiger partial charge in [0.2, 0.25) is 0 Å². The molecule has 1 aliphatic heterocycles. The van der Waals surface area contributed by atoms with Crippen LogP contribution in [0.4, 0.5) is 33.3 Å². The fourth-order valence-corrected chi connectivity index (χ4v) is 4.02. The van der Waals surface area contributed by atoms with E-state index in [9.17, 15) is 31.5 Å². The van der Waals surface area contributed by atoms with E-state index in [1.807, 2.05) is 6.07 Å². The molecule has 0 fully saturated rings. The van der Waals surface area contributed by atoms with Crippen LogP contribution < -0.4 is 10.2 Å². The highest BCUT2D eigenvalue weighted by molar-refractivity contribution is 6.15. The number of benzene rings is 2. The highest BCUT2D eigenvalue weighted by Crippen LogP contribution is 2.40. The van der Waals surface area contributed by atoms with Crippen molar-refractivity contribution in [2.45, 2.75) is 38.0 Å². The Morgan fingerprint density at radius 2 is 1.86 bits per heavy atom. The molecule has 186 valence electrons. The third kappa shape index (κ3) is 4.91. The number of nitrogens with zero attached hydrogens (tertiary/aromatic N) is 4. The fourth-order valence-electron chi connectivity index (χ4n) is 4.02. The second-order valence-corrected chi connectivity index (χ2v) is 8.30. The number of carbonyl (C=O) groups is 2. The van der Waals surface area contributed by atoms with E-state index < -0.39 is 41.9 Å². The molecule has 1 aromatic heterocycles. The van der Waals surface area contributed by atoms with Gasteiger partial charge in [-0.1, -0.05) is 18.2 Å². The van der Waals surface area contributed by atoms with E-state index in [0.717, 1.165) is 24.3 Å². The molecule has 2 amide bonds. The summed E-state index contributed by atoms with van der Waals surface area (Å²) >= 11 is 0. The van der Waals surface area contributed by atoms with Gasteiger partial charge in [0, 0.05) is 16.9 Å². The van der Waals surface area contributed by atoms with Crippen molar-refractivity contribution in [1.82, 2.24) is 9.78 Å². The first kappa shape index (κ1) is 24.8. The number of hydrogen-bond donors (Lipinski definition) is 1. The van der Waals surface area contributed by atoms with E-state index in [2.05, 4.69) is 10.4 Å². The first-order valence-corrected chi connectivity index (χ1v) is 10.7. The van der Waals surface area contributed by atoms with Crippen molar-refractivity contribution in [3.8, 4) is 6.07 Å². The minimum Gasteiger partial charge on any atom is -0.322 e. The molecular weight excluding hydrogens is 485 g/mol. The standard InChI is InChI=1S/C24H18F5N5O2/c1-14-12-33-20(19(11-31-33)21(35)32-17-4-2-3-15(9-17)10-30)22(36)34(14)18-7-5-16(6-8-18)23(25,26)13-24(27,28)29/h2-9,11,14H,12-13H2,1H3,(H,32,35)/t14-/m0/s1. The Labute approximate surface area is 201 Å². The van der Waals surface area contributed by atoms with Gasteiger partial charge in [-0.05, 0) is 37.3 Å². The van der Waals surface area contributed by atoms with Gasteiger partial charge in [0.25, 0.3) is 17.7 Å². The average molecular weight is 503 g/mol. The van der Waals surface area contributed by atoms with Crippen LogP contribution in [0.2, 0.25) is 0 Å². The van der Waals surface area contributed by atoms with Gasteiger partial charge in [0.05, 0.1) is 36.0 Å². The lowest BCUT2D eigenvalue weighted by molar-refractivity contribution is -0.190. The molecule has 0 aliphatic carbocycles. The van der Waals surface area contributed by atoms with Gasteiger partial charge in [-0.25, -0.2) is 8.78 Å². The molecule has 4 rings (SSSR count). The monoisotopic (exact) mass is 503 g/mol. The minimum atomic E-state index is -5.05. The molecule has 1 atom stereocenters. The van der Waals surface area contributed by atoms with Crippen molar-refractivity contribution >= 4 is 23.2 Å². The van der Waals surface area contributed by atoms with Crippen molar-refractivity contribution in [3.63, 3.8) is 0 Å². The van der Waals surface area contributed by atoms with Crippen LogP contribution in [0, 0.1) is 11.3 Å². The Morgan fingerprint density at radius 1 is 1.17 bits per heavy atom. The summed E-state index contributed by atoms with van der Waals surface area (Å²) in [5.74, 6) is -5.39. The molecule has 3 aromatic rings. The second kappa shape index (κ2) is 9.07. The molecule has 0 saturated carbocycles. The summed E-state index contributed by atoms with van der Waals surface area (Å²) < 4.78 is 66.9. The Bertz CT molecular complexity index is 1360. The minimum absolute atomic E-state index is 0.0338. The molecule has 0 radical (unpaired) electrons. The number of amides is 2. The van der Waals surface area contributed by atoms with Crippen molar-refractivity contribution in [3.05, 3.63) is 77.1 Å². The fraction of sp³-hybridized carbons (Fsp3) is 0.250. The van der Waals surface area contributed by atoms with Crippen LogP contribution in [-0.4, -0.2) is 33.8 Å². The number of carbonyl (C=O) groups excluding carboxylic acids is 2. The van der Waals surface area contributed by atoms with E-state index >= 15 is 0 Å². The molecule has 1 N–H and O–H groups in total. The van der Waals surface area contributed by atoms with Crippen LogP contribution in [0.3, 0.4) is 0 Å². The third-order valence-electron chi connectivity index (χ3n) is 5.62. The van der Waals surface area contributed by atoms with Crippen LogP contribution in [0.15, 0.2) is 54.7 Å². The molecule has 36 heavy (non-hydrogen) atoms. The molecular formula is C24H18F5N5O2. The smallest absolute Gasteiger partial charge is 0.322 e. The van der Waals surface area contributed by atoms with E-state index in [0.29, 0.717) is 11.3 Å². The number of nitriles is 1. The number of anilines is 2. The van der Waals surface area contributed by atoms with Gasteiger partial charge in [0.15, 0.2) is 0 Å². The van der Waals surface area contributed by atoms with Gasteiger partial charge in [-0.15, -0.1) is 0 Å². The Morgan fingerprint density at radius 3 is 2.50 bits per heavy atom. The van der Waals surface area contributed by atoms with Crippen LogP contribution in [0.5, 0.6) is 0 Å². The SMILES string of the molecule is C[C@H]1Cn2ncc(C(=O)Nc3cccc(C#N)c3)c2C(=O)N1c1ccc(C(F)(F)CC(F)(F)F)cc1. The van der Waals surface area contributed by atoms with Gasteiger partial charge in [0.1, 0.15) is 12.1 Å². The molecule has 0 bridgehead atoms. The maximum atomic E-state index is 14.0. The number of nitrogens with one attached hydrogen (secondary N) is 1. The Balaban J connectivity index is 1.60. The molecule has 2 heterocycles. The van der Waals surface area contributed by atoms with Gasteiger partial charge < -0.3 is 10.2 Å². The Kier molecular flexibility index (Phi) is 6.26. The Hall–Kier alpha value is -4.27. The van der Waals surface area contributed by atoms with E-state index in [1.54, 1.807) is 25.1 Å². The van der Waals surface area contributed by atoms with Crippen molar-refractivity contribution in [1.29, 1.82) is 5.26 Å². The first-order valence-electron chi connectivity index (χ1n) is 10.7. The maximum absolute atomic E-state index is 14.0. The summed E-state index contributed by atoms with van der Waals surface area (Å²) in [5, 5.41) is 15.8.